The van der Waals surface area contributed by atoms with Crippen molar-refractivity contribution in [3.63, 3.8) is 0 Å². The Hall–Kier alpha value is -1.13. The highest BCUT2D eigenvalue weighted by Gasteiger charge is 2.21. The van der Waals surface area contributed by atoms with Crippen molar-refractivity contribution in [1.82, 2.24) is 14.8 Å². The van der Waals surface area contributed by atoms with Gasteiger partial charge < -0.3 is 10.2 Å². The highest BCUT2D eigenvalue weighted by atomic mass is 15.2. The van der Waals surface area contributed by atoms with Crippen molar-refractivity contribution in [1.29, 1.82) is 0 Å². The second-order valence-electron chi connectivity index (χ2n) is 5.54. The lowest BCUT2D eigenvalue weighted by Crippen LogP contribution is -2.44. The van der Waals surface area contributed by atoms with E-state index in [1.165, 1.54) is 31.6 Å². The molecule has 4 nitrogen and oxygen atoms in total. The third-order valence-electron chi connectivity index (χ3n) is 3.83. The normalized spacial score (nSPS) is 20.7. The Morgan fingerprint density at radius 3 is 3.11 bits per heavy atom. The van der Waals surface area contributed by atoms with Crippen LogP contribution in [0.5, 0.6) is 0 Å². The second-order valence-corrected chi connectivity index (χ2v) is 5.54. The first kappa shape index (κ1) is 14.3. The van der Waals surface area contributed by atoms with Gasteiger partial charge in [0, 0.05) is 37.6 Å². The van der Waals surface area contributed by atoms with Crippen molar-refractivity contribution in [2.24, 2.45) is 0 Å². The average Bonchev–Trinajstić information content (AvgIpc) is 2.39. The van der Waals surface area contributed by atoms with E-state index in [0.29, 0.717) is 6.04 Å². The van der Waals surface area contributed by atoms with E-state index in [4.69, 9.17) is 0 Å². The molecule has 1 unspecified atom stereocenters. The van der Waals surface area contributed by atoms with Crippen LogP contribution in [0.3, 0.4) is 0 Å². The molecule has 0 radical (unpaired) electrons. The van der Waals surface area contributed by atoms with E-state index >= 15 is 0 Å². The van der Waals surface area contributed by atoms with E-state index < -0.39 is 0 Å². The molecule has 4 heteroatoms. The maximum atomic E-state index is 4.48. The number of aromatic nitrogens is 1. The predicted octanol–water partition coefficient (Wildman–Crippen LogP) is 2.04. The van der Waals surface area contributed by atoms with Crippen LogP contribution >= 0.6 is 0 Å². The van der Waals surface area contributed by atoms with Crippen molar-refractivity contribution in [2.45, 2.75) is 32.4 Å². The molecular formula is C15H26N4. The van der Waals surface area contributed by atoms with Crippen molar-refractivity contribution in [3.05, 3.63) is 24.0 Å². The summed E-state index contributed by atoms with van der Waals surface area (Å²) in [6.45, 7) is 6.40. The molecule has 0 aliphatic carbocycles. The Morgan fingerprint density at radius 1 is 1.53 bits per heavy atom. The van der Waals surface area contributed by atoms with Gasteiger partial charge in [0.15, 0.2) is 0 Å². The Balaban J connectivity index is 1.94. The summed E-state index contributed by atoms with van der Waals surface area (Å²) in [7, 11) is 4.43. The van der Waals surface area contributed by atoms with Crippen LogP contribution in [0.25, 0.3) is 0 Å². The molecule has 0 bridgehead atoms. The van der Waals surface area contributed by atoms with Gasteiger partial charge in [-0.1, -0.05) is 0 Å². The number of nitrogens with one attached hydrogen (secondary N) is 1. The summed E-state index contributed by atoms with van der Waals surface area (Å²) in [5.74, 6) is 0. The van der Waals surface area contributed by atoms with Crippen LogP contribution in [0.1, 0.15) is 25.5 Å². The molecule has 0 amide bonds. The monoisotopic (exact) mass is 262 g/mol. The van der Waals surface area contributed by atoms with Crippen LogP contribution < -0.4 is 5.32 Å². The molecule has 2 heterocycles. The van der Waals surface area contributed by atoms with Crippen LogP contribution in [0, 0.1) is 0 Å². The van der Waals surface area contributed by atoms with Crippen LogP contribution in [0.15, 0.2) is 18.3 Å². The summed E-state index contributed by atoms with van der Waals surface area (Å²) in [5.41, 5.74) is 2.32. The van der Waals surface area contributed by atoms with E-state index in [-0.39, 0.29) is 0 Å². The fourth-order valence-corrected chi connectivity index (χ4v) is 2.76. The topological polar surface area (TPSA) is 31.4 Å². The lowest BCUT2D eigenvalue weighted by molar-refractivity contribution is 0.128. The fraction of sp³-hybridized carbons (Fsp3) is 0.667. The first-order chi connectivity index (χ1) is 9.19. The zero-order valence-corrected chi connectivity index (χ0v) is 12.4. The van der Waals surface area contributed by atoms with Crippen molar-refractivity contribution < 1.29 is 0 Å². The van der Waals surface area contributed by atoms with Crippen molar-refractivity contribution in [2.75, 3.05) is 39.0 Å². The number of hydrogen-bond donors (Lipinski definition) is 1. The van der Waals surface area contributed by atoms with Gasteiger partial charge >= 0.3 is 0 Å². The minimum absolute atomic E-state index is 0.656. The number of likely N-dealkylation sites (N-methyl/N-ethyl adjacent to an activating group) is 2. The van der Waals surface area contributed by atoms with E-state index in [2.05, 4.69) is 47.2 Å². The number of likely N-dealkylation sites (tertiary alicyclic amines) is 1. The van der Waals surface area contributed by atoms with E-state index in [9.17, 15) is 0 Å². The molecule has 1 atom stereocenters. The Morgan fingerprint density at radius 2 is 2.37 bits per heavy atom. The van der Waals surface area contributed by atoms with Gasteiger partial charge in [-0.3, -0.25) is 9.88 Å². The quantitative estimate of drug-likeness (QED) is 0.880. The van der Waals surface area contributed by atoms with Gasteiger partial charge in [-0.2, -0.15) is 0 Å². The Kier molecular flexibility index (Phi) is 5.16. The van der Waals surface area contributed by atoms with Crippen LogP contribution in [-0.2, 0) is 6.54 Å². The van der Waals surface area contributed by atoms with Crippen LogP contribution in [-0.4, -0.2) is 54.6 Å². The van der Waals surface area contributed by atoms with Gasteiger partial charge in [-0.15, -0.1) is 0 Å². The minimum Gasteiger partial charge on any atom is -0.385 e. The SMILES string of the molecule is CCNc1ccnc(CN(C)C2CCCN(C)C2)c1. The maximum Gasteiger partial charge on any atom is 0.0564 e. The molecule has 1 aromatic rings. The smallest absolute Gasteiger partial charge is 0.0564 e. The largest absolute Gasteiger partial charge is 0.385 e. The van der Waals surface area contributed by atoms with E-state index in [0.717, 1.165) is 18.8 Å². The zero-order valence-electron chi connectivity index (χ0n) is 12.4. The molecule has 0 spiro atoms. The predicted molar refractivity (Wildman–Crippen MR) is 80.4 cm³/mol. The van der Waals surface area contributed by atoms with Gasteiger partial charge in [0.2, 0.25) is 0 Å². The highest BCUT2D eigenvalue weighted by Crippen LogP contribution is 2.16. The van der Waals surface area contributed by atoms with Gasteiger partial charge in [0.25, 0.3) is 0 Å². The molecule has 1 aromatic heterocycles. The standard InChI is InChI=1S/C15H26N4/c1-4-16-13-7-8-17-14(10-13)11-19(3)15-6-5-9-18(2)12-15/h7-8,10,15H,4-6,9,11-12H2,1-3H3,(H,16,17). The number of nitrogens with zero attached hydrogens (tertiary/aromatic N) is 3. The number of rotatable bonds is 5. The molecular weight excluding hydrogens is 236 g/mol. The van der Waals surface area contributed by atoms with E-state index in [1.54, 1.807) is 0 Å². The summed E-state index contributed by atoms with van der Waals surface area (Å²) < 4.78 is 0. The molecule has 19 heavy (non-hydrogen) atoms. The molecule has 1 fully saturated rings. The number of hydrogen-bond acceptors (Lipinski definition) is 4. The summed E-state index contributed by atoms with van der Waals surface area (Å²) in [6.07, 6.45) is 4.50. The summed E-state index contributed by atoms with van der Waals surface area (Å²) in [6, 6.07) is 4.84. The van der Waals surface area contributed by atoms with Gasteiger partial charge in [0.05, 0.1) is 5.69 Å². The fourth-order valence-electron chi connectivity index (χ4n) is 2.76. The van der Waals surface area contributed by atoms with Crippen molar-refractivity contribution >= 4 is 5.69 Å². The second kappa shape index (κ2) is 6.87. The first-order valence-electron chi connectivity index (χ1n) is 7.26. The third-order valence-corrected chi connectivity index (χ3v) is 3.83. The summed E-state index contributed by atoms with van der Waals surface area (Å²) in [4.78, 5) is 9.34. The molecule has 1 aliphatic heterocycles. The average molecular weight is 262 g/mol. The maximum absolute atomic E-state index is 4.48. The van der Waals surface area contributed by atoms with Gasteiger partial charge in [-0.05, 0) is 52.5 Å². The number of anilines is 1. The lowest BCUT2D eigenvalue weighted by Gasteiger charge is -2.35. The van der Waals surface area contributed by atoms with Crippen molar-refractivity contribution in [3.8, 4) is 0 Å². The molecule has 0 aromatic carbocycles. The molecule has 2 rings (SSSR count). The van der Waals surface area contributed by atoms with Gasteiger partial charge in [0.1, 0.15) is 0 Å². The number of pyridine rings is 1. The zero-order chi connectivity index (χ0) is 13.7. The molecule has 106 valence electrons. The summed E-state index contributed by atoms with van der Waals surface area (Å²) in [5, 5.41) is 3.34. The van der Waals surface area contributed by atoms with Crippen LogP contribution in [0.2, 0.25) is 0 Å². The minimum atomic E-state index is 0.656. The van der Waals surface area contributed by atoms with Gasteiger partial charge in [-0.25, -0.2) is 0 Å². The summed E-state index contributed by atoms with van der Waals surface area (Å²) >= 11 is 0. The van der Waals surface area contributed by atoms with E-state index in [1.807, 2.05) is 12.3 Å². The molecule has 0 saturated carbocycles. The number of piperidine rings is 1. The Labute approximate surface area is 116 Å². The van der Waals surface area contributed by atoms with Crippen LogP contribution in [0.4, 0.5) is 5.69 Å². The third kappa shape index (κ3) is 4.18. The molecule has 1 aliphatic rings. The highest BCUT2D eigenvalue weighted by molar-refractivity contribution is 5.42. The molecule has 1 N–H and O–H groups in total. The molecule has 1 saturated heterocycles. The first-order valence-corrected chi connectivity index (χ1v) is 7.26. The lowest BCUT2D eigenvalue weighted by atomic mass is 10.0. The Bertz CT molecular complexity index is 393.